The van der Waals surface area contributed by atoms with Gasteiger partial charge in [0.15, 0.2) is 0 Å². The van der Waals surface area contributed by atoms with Crippen molar-refractivity contribution in [1.82, 2.24) is 0 Å². The van der Waals surface area contributed by atoms with Crippen LogP contribution in [-0.4, -0.2) is 40.1 Å². The Balaban J connectivity index is 1.94. The number of hydrogen-bond acceptors (Lipinski definition) is 6. The number of carbonyl (C=O) groups is 2. The Hall–Kier alpha value is -3.07. The molecule has 1 heterocycles. The van der Waals surface area contributed by atoms with Crippen LogP contribution in [0.15, 0.2) is 47.4 Å². The summed E-state index contributed by atoms with van der Waals surface area (Å²) in [5.74, 6) is -0.330. The minimum Gasteiger partial charge on any atom is -0.487 e. The Bertz CT molecular complexity index is 1030. The van der Waals surface area contributed by atoms with Crippen molar-refractivity contribution in [2.75, 3.05) is 23.3 Å². The summed E-state index contributed by atoms with van der Waals surface area (Å²) < 4.78 is 38.4. The van der Waals surface area contributed by atoms with Crippen molar-refractivity contribution < 1.29 is 27.5 Å². The van der Waals surface area contributed by atoms with Gasteiger partial charge in [0.1, 0.15) is 11.9 Å². The minimum absolute atomic E-state index is 0.0286. The van der Waals surface area contributed by atoms with Gasteiger partial charge in [0, 0.05) is 12.6 Å². The second-order valence-electron chi connectivity index (χ2n) is 6.37. The Morgan fingerprint density at radius 2 is 1.96 bits per heavy atom. The van der Waals surface area contributed by atoms with Gasteiger partial charge in [-0.05, 0) is 43.3 Å². The van der Waals surface area contributed by atoms with Crippen LogP contribution in [0.4, 0.5) is 11.4 Å². The lowest BCUT2D eigenvalue weighted by atomic mass is 10.2. The van der Waals surface area contributed by atoms with E-state index in [2.05, 4.69) is 9.46 Å². The van der Waals surface area contributed by atoms with Crippen molar-refractivity contribution >= 4 is 33.3 Å². The first-order chi connectivity index (χ1) is 13.2. The highest BCUT2D eigenvalue weighted by Gasteiger charge is 2.28. The Morgan fingerprint density at radius 1 is 1.21 bits per heavy atom. The van der Waals surface area contributed by atoms with Crippen LogP contribution in [-0.2, 0) is 19.6 Å². The van der Waals surface area contributed by atoms with Gasteiger partial charge in [0.25, 0.3) is 10.0 Å². The molecule has 0 aliphatic carbocycles. The molecule has 0 fully saturated rings. The number of ether oxygens (including phenoxy) is 2. The van der Waals surface area contributed by atoms with E-state index in [1.807, 2.05) is 6.92 Å². The predicted octanol–water partition coefficient (Wildman–Crippen LogP) is 2.41. The Morgan fingerprint density at radius 3 is 2.64 bits per heavy atom. The van der Waals surface area contributed by atoms with E-state index in [0.717, 1.165) is 0 Å². The molecule has 8 nitrogen and oxygen atoms in total. The number of anilines is 2. The third-order valence-corrected chi connectivity index (χ3v) is 5.59. The number of methoxy groups -OCH3 is 1. The van der Waals surface area contributed by atoms with Gasteiger partial charge in [-0.2, -0.15) is 0 Å². The largest absolute Gasteiger partial charge is 0.487 e. The zero-order chi connectivity index (χ0) is 20.5. The molecule has 2 aromatic rings. The van der Waals surface area contributed by atoms with Gasteiger partial charge in [0.2, 0.25) is 5.91 Å². The van der Waals surface area contributed by atoms with E-state index in [-0.39, 0.29) is 28.2 Å². The lowest BCUT2D eigenvalue weighted by Gasteiger charge is -2.33. The monoisotopic (exact) mass is 404 g/mol. The highest BCUT2D eigenvalue weighted by Crippen LogP contribution is 2.36. The number of nitrogens with zero attached hydrogens (tertiary/aromatic N) is 1. The summed E-state index contributed by atoms with van der Waals surface area (Å²) in [6, 6.07) is 10.3. The van der Waals surface area contributed by atoms with E-state index in [9.17, 15) is 18.0 Å². The zero-order valence-corrected chi connectivity index (χ0v) is 16.4. The molecule has 1 amide bonds. The van der Waals surface area contributed by atoms with E-state index < -0.39 is 16.0 Å². The van der Waals surface area contributed by atoms with Crippen LogP contribution in [0.2, 0.25) is 0 Å². The van der Waals surface area contributed by atoms with Crippen LogP contribution >= 0.6 is 0 Å². The van der Waals surface area contributed by atoms with Crippen LogP contribution < -0.4 is 14.4 Å². The molecular formula is C19H20N2O6S. The highest BCUT2D eigenvalue weighted by molar-refractivity contribution is 7.92. The molecule has 0 saturated carbocycles. The summed E-state index contributed by atoms with van der Waals surface area (Å²) in [7, 11) is -2.71. The fourth-order valence-electron chi connectivity index (χ4n) is 2.92. The Labute approximate surface area is 163 Å². The summed E-state index contributed by atoms with van der Waals surface area (Å²) in [5.41, 5.74) is 0.837. The molecule has 0 saturated heterocycles. The van der Waals surface area contributed by atoms with Crippen molar-refractivity contribution in [3.8, 4) is 5.75 Å². The second kappa shape index (κ2) is 7.51. The normalized spacial score (nSPS) is 16.0. The highest BCUT2D eigenvalue weighted by atomic mass is 32.2. The van der Waals surface area contributed by atoms with Crippen LogP contribution in [0.25, 0.3) is 0 Å². The SMILES string of the molecule is COC(=O)c1cccc(NS(=O)(=O)c2ccc3c(c2)N(C(C)=O)CC(C)O3)c1. The molecule has 2 aromatic carbocycles. The van der Waals surface area contributed by atoms with Gasteiger partial charge < -0.3 is 14.4 Å². The number of carbonyl (C=O) groups excluding carboxylic acids is 2. The molecule has 148 valence electrons. The average molecular weight is 404 g/mol. The molecule has 1 aliphatic rings. The summed E-state index contributed by atoms with van der Waals surface area (Å²) in [6.07, 6.45) is -0.196. The molecule has 1 aliphatic heterocycles. The van der Waals surface area contributed by atoms with Gasteiger partial charge in [0.05, 0.1) is 29.8 Å². The smallest absolute Gasteiger partial charge is 0.337 e. The molecule has 1 N–H and O–H groups in total. The lowest BCUT2D eigenvalue weighted by Crippen LogP contribution is -2.41. The number of benzene rings is 2. The fraction of sp³-hybridized carbons (Fsp3) is 0.263. The topological polar surface area (TPSA) is 102 Å². The zero-order valence-electron chi connectivity index (χ0n) is 15.6. The quantitative estimate of drug-likeness (QED) is 0.785. The molecule has 0 bridgehead atoms. The number of sulfonamides is 1. The molecule has 3 rings (SSSR count). The summed E-state index contributed by atoms with van der Waals surface area (Å²) in [5, 5.41) is 0. The van der Waals surface area contributed by atoms with Crippen molar-refractivity contribution in [1.29, 1.82) is 0 Å². The average Bonchev–Trinajstić information content (AvgIpc) is 2.66. The summed E-state index contributed by atoms with van der Waals surface area (Å²) >= 11 is 0. The maximum absolute atomic E-state index is 12.8. The van der Waals surface area contributed by atoms with Gasteiger partial charge in [-0.15, -0.1) is 0 Å². The fourth-order valence-corrected chi connectivity index (χ4v) is 3.99. The molecule has 0 aromatic heterocycles. The van der Waals surface area contributed by atoms with E-state index in [0.29, 0.717) is 18.0 Å². The number of esters is 1. The molecule has 1 unspecified atom stereocenters. The van der Waals surface area contributed by atoms with Crippen molar-refractivity contribution in [3.05, 3.63) is 48.0 Å². The van der Waals surface area contributed by atoms with E-state index in [1.54, 1.807) is 6.07 Å². The number of rotatable bonds is 4. The van der Waals surface area contributed by atoms with E-state index in [1.165, 1.54) is 55.3 Å². The lowest BCUT2D eigenvalue weighted by molar-refractivity contribution is -0.117. The Kier molecular flexibility index (Phi) is 5.28. The van der Waals surface area contributed by atoms with Crippen LogP contribution in [0.5, 0.6) is 5.75 Å². The van der Waals surface area contributed by atoms with Crippen LogP contribution in [0, 0.1) is 0 Å². The van der Waals surface area contributed by atoms with Crippen molar-refractivity contribution in [2.45, 2.75) is 24.8 Å². The third-order valence-electron chi connectivity index (χ3n) is 4.22. The molecule has 0 radical (unpaired) electrons. The van der Waals surface area contributed by atoms with E-state index in [4.69, 9.17) is 4.74 Å². The predicted molar refractivity (Wildman–Crippen MR) is 103 cm³/mol. The first-order valence-corrected chi connectivity index (χ1v) is 9.99. The minimum atomic E-state index is -3.95. The molecule has 28 heavy (non-hydrogen) atoms. The van der Waals surface area contributed by atoms with Gasteiger partial charge >= 0.3 is 5.97 Å². The number of hydrogen-bond donors (Lipinski definition) is 1. The summed E-state index contributed by atoms with van der Waals surface area (Å²) in [4.78, 5) is 25.0. The van der Waals surface area contributed by atoms with Crippen LogP contribution in [0.1, 0.15) is 24.2 Å². The molecule has 9 heteroatoms. The van der Waals surface area contributed by atoms with Crippen molar-refractivity contribution in [2.24, 2.45) is 0 Å². The number of amides is 1. The number of fused-ring (bicyclic) bond motifs is 1. The van der Waals surface area contributed by atoms with Gasteiger partial charge in [-0.25, -0.2) is 13.2 Å². The summed E-state index contributed by atoms with van der Waals surface area (Å²) in [6.45, 7) is 3.58. The van der Waals surface area contributed by atoms with Crippen molar-refractivity contribution in [3.63, 3.8) is 0 Å². The van der Waals surface area contributed by atoms with E-state index >= 15 is 0 Å². The van der Waals surface area contributed by atoms with Crippen LogP contribution in [0.3, 0.4) is 0 Å². The second-order valence-corrected chi connectivity index (χ2v) is 8.05. The molecule has 1 atom stereocenters. The maximum atomic E-state index is 12.8. The number of nitrogens with one attached hydrogen (secondary N) is 1. The molecule has 0 spiro atoms. The van der Waals surface area contributed by atoms with Gasteiger partial charge in [-0.3, -0.25) is 9.52 Å². The van der Waals surface area contributed by atoms with Gasteiger partial charge in [-0.1, -0.05) is 6.07 Å². The first-order valence-electron chi connectivity index (χ1n) is 8.51. The maximum Gasteiger partial charge on any atom is 0.337 e. The first kappa shape index (κ1) is 19.7. The standard InChI is InChI=1S/C19H20N2O6S/c1-12-11-21(13(2)22)17-10-16(7-8-18(17)27-12)28(24,25)20-15-6-4-5-14(9-15)19(23)26-3/h4-10,12,20H,11H2,1-3H3. The third kappa shape index (κ3) is 3.94. The molecular weight excluding hydrogens is 384 g/mol.